The van der Waals surface area contributed by atoms with Gasteiger partial charge in [0, 0.05) is 5.02 Å². The summed E-state index contributed by atoms with van der Waals surface area (Å²) in [6.07, 6.45) is 0. The molecule has 0 spiro atoms. The zero-order chi connectivity index (χ0) is 10.0. The van der Waals surface area contributed by atoms with Crippen molar-refractivity contribution in [1.29, 1.82) is 0 Å². The molecular weight excluding hydrogens is 209 g/mol. The van der Waals surface area contributed by atoms with Gasteiger partial charge in [0.1, 0.15) is 5.38 Å². The van der Waals surface area contributed by atoms with Crippen LogP contribution in [0.4, 0.5) is 0 Å². The largest absolute Gasteiger partial charge is 0.368 e. The summed E-state index contributed by atoms with van der Waals surface area (Å²) in [7, 11) is 0. The van der Waals surface area contributed by atoms with E-state index < -0.39 is 11.3 Å². The maximum absolute atomic E-state index is 10.7. The van der Waals surface area contributed by atoms with Crippen LogP contribution < -0.4 is 5.73 Å². The van der Waals surface area contributed by atoms with Gasteiger partial charge in [0.15, 0.2) is 0 Å². The average molecular weight is 218 g/mol. The molecule has 1 aromatic rings. The van der Waals surface area contributed by atoms with Crippen molar-refractivity contribution in [1.82, 2.24) is 0 Å². The summed E-state index contributed by atoms with van der Waals surface area (Å²) in [4.78, 5) is 10.7. The molecule has 1 aromatic carbocycles. The molecule has 4 heteroatoms. The number of amides is 1. The van der Waals surface area contributed by atoms with Crippen molar-refractivity contribution in [3.63, 3.8) is 0 Å². The number of carbonyl (C=O) groups is 1. The van der Waals surface area contributed by atoms with Gasteiger partial charge < -0.3 is 5.73 Å². The van der Waals surface area contributed by atoms with E-state index in [4.69, 9.17) is 28.9 Å². The Balaban J connectivity index is 3.03. The summed E-state index contributed by atoms with van der Waals surface area (Å²) in [5, 5.41) is -0.220. The number of primary amides is 1. The Bertz CT molecular complexity index is 338. The maximum atomic E-state index is 10.7. The molecule has 2 nitrogen and oxygen atoms in total. The van der Waals surface area contributed by atoms with E-state index in [1.54, 1.807) is 18.2 Å². The summed E-state index contributed by atoms with van der Waals surface area (Å²) >= 11 is 11.6. The molecule has 1 atom stereocenters. The second-order valence-electron chi connectivity index (χ2n) is 2.77. The minimum Gasteiger partial charge on any atom is -0.368 e. The SMILES string of the molecule is Cc1ccc(C(Cl)C(N)=O)cc1Cl. The van der Waals surface area contributed by atoms with Gasteiger partial charge >= 0.3 is 0 Å². The van der Waals surface area contributed by atoms with Crippen LogP contribution in [-0.2, 0) is 4.79 Å². The first kappa shape index (κ1) is 10.4. The van der Waals surface area contributed by atoms with E-state index in [1.807, 2.05) is 6.92 Å². The Morgan fingerprint density at radius 2 is 2.15 bits per heavy atom. The third kappa shape index (κ3) is 2.36. The quantitative estimate of drug-likeness (QED) is 0.761. The topological polar surface area (TPSA) is 43.1 Å². The molecular formula is C9H9Cl2NO. The molecule has 0 heterocycles. The molecule has 0 saturated carbocycles. The summed E-state index contributed by atoms with van der Waals surface area (Å²) in [6, 6.07) is 5.19. The molecule has 0 fully saturated rings. The molecule has 1 amide bonds. The van der Waals surface area contributed by atoms with Crippen LogP contribution in [0.25, 0.3) is 0 Å². The molecule has 0 aromatic heterocycles. The van der Waals surface area contributed by atoms with Gasteiger partial charge in [-0.1, -0.05) is 23.7 Å². The fourth-order valence-corrected chi connectivity index (χ4v) is 1.26. The third-order valence-corrected chi connectivity index (χ3v) is 2.61. The van der Waals surface area contributed by atoms with E-state index in [2.05, 4.69) is 0 Å². The fraction of sp³-hybridized carbons (Fsp3) is 0.222. The van der Waals surface area contributed by atoms with Gasteiger partial charge in [-0.05, 0) is 24.1 Å². The van der Waals surface area contributed by atoms with Crippen molar-refractivity contribution >= 4 is 29.1 Å². The lowest BCUT2D eigenvalue weighted by atomic mass is 10.1. The molecule has 1 unspecified atom stereocenters. The summed E-state index contributed by atoms with van der Waals surface area (Å²) in [5.74, 6) is -0.568. The number of aryl methyl sites for hydroxylation is 1. The van der Waals surface area contributed by atoms with Crippen molar-refractivity contribution in [3.05, 3.63) is 34.3 Å². The van der Waals surface area contributed by atoms with Crippen molar-refractivity contribution < 1.29 is 4.79 Å². The number of benzene rings is 1. The Kier molecular flexibility index (Phi) is 3.17. The molecule has 0 aliphatic carbocycles. The molecule has 0 bridgehead atoms. The van der Waals surface area contributed by atoms with Gasteiger partial charge in [0.2, 0.25) is 5.91 Å². The van der Waals surface area contributed by atoms with E-state index in [-0.39, 0.29) is 0 Å². The van der Waals surface area contributed by atoms with Crippen LogP contribution in [0, 0.1) is 6.92 Å². The number of rotatable bonds is 2. The van der Waals surface area contributed by atoms with Gasteiger partial charge in [-0.15, -0.1) is 11.6 Å². The number of nitrogens with two attached hydrogens (primary N) is 1. The van der Waals surface area contributed by atoms with Crippen LogP contribution in [0.5, 0.6) is 0 Å². The molecule has 0 aliphatic heterocycles. The Morgan fingerprint density at radius 3 is 2.62 bits per heavy atom. The van der Waals surface area contributed by atoms with Gasteiger partial charge in [0.25, 0.3) is 0 Å². The molecule has 2 N–H and O–H groups in total. The van der Waals surface area contributed by atoms with E-state index >= 15 is 0 Å². The van der Waals surface area contributed by atoms with Crippen molar-refractivity contribution in [2.24, 2.45) is 5.73 Å². The Morgan fingerprint density at radius 1 is 1.54 bits per heavy atom. The smallest absolute Gasteiger partial charge is 0.240 e. The molecule has 13 heavy (non-hydrogen) atoms. The molecule has 70 valence electrons. The van der Waals surface area contributed by atoms with Crippen LogP contribution in [0.15, 0.2) is 18.2 Å². The van der Waals surface area contributed by atoms with Crippen LogP contribution in [-0.4, -0.2) is 5.91 Å². The van der Waals surface area contributed by atoms with Crippen LogP contribution in [0.1, 0.15) is 16.5 Å². The highest BCUT2D eigenvalue weighted by Crippen LogP contribution is 2.24. The van der Waals surface area contributed by atoms with E-state index in [1.165, 1.54) is 0 Å². The second kappa shape index (κ2) is 3.99. The lowest BCUT2D eigenvalue weighted by Gasteiger charge is -2.06. The average Bonchev–Trinajstić information content (AvgIpc) is 2.08. The third-order valence-electron chi connectivity index (χ3n) is 1.74. The first-order valence-electron chi connectivity index (χ1n) is 3.72. The minimum absolute atomic E-state index is 0.568. The summed E-state index contributed by atoms with van der Waals surface area (Å²) < 4.78 is 0. The zero-order valence-electron chi connectivity index (χ0n) is 7.05. The molecule has 0 radical (unpaired) electrons. The van der Waals surface area contributed by atoms with Gasteiger partial charge in [-0.3, -0.25) is 4.79 Å². The van der Waals surface area contributed by atoms with E-state index in [0.717, 1.165) is 5.56 Å². The number of carbonyl (C=O) groups excluding carboxylic acids is 1. The second-order valence-corrected chi connectivity index (χ2v) is 3.62. The summed E-state index contributed by atoms with van der Waals surface area (Å²) in [6.45, 7) is 1.87. The highest BCUT2D eigenvalue weighted by atomic mass is 35.5. The molecule has 0 saturated heterocycles. The maximum Gasteiger partial charge on any atom is 0.240 e. The standard InChI is InChI=1S/C9H9Cl2NO/c1-5-2-3-6(4-7(5)10)8(11)9(12)13/h2-4,8H,1H3,(H2,12,13). The highest BCUT2D eigenvalue weighted by Gasteiger charge is 2.14. The van der Waals surface area contributed by atoms with Crippen molar-refractivity contribution in [3.8, 4) is 0 Å². The number of halogens is 2. The Labute approximate surface area is 86.6 Å². The lowest BCUT2D eigenvalue weighted by Crippen LogP contribution is -2.16. The predicted molar refractivity (Wildman–Crippen MR) is 54.0 cm³/mol. The van der Waals surface area contributed by atoms with Crippen LogP contribution in [0.2, 0.25) is 5.02 Å². The van der Waals surface area contributed by atoms with Gasteiger partial charge in [-0.25, -0.2) is 0 Å². The van der Waals surface area contributed by atoms with Crippen molar-refractivity contribution in [2.45, 2.75) is 12.3 Å². The Hall–Kier alpha value is -0.730. The fourth-order valence-electron chi connectivity index (χ4n) is 0.931. The predicted octanol–water partition coefficient (Wildman–Crippen LogP) is 2.41. The number of hydrogen-bond acceptors (Lipinski definition) is 1. The lowest BCUT2D eigenvalue weighted by molar-refractivity contribution is -0.117. The van der Waals surface area contributed by atoms with Gasteiger partial charge in [0.05, 0.1) is 0 Å². The van der Waals surface area contributed by atoms with Crippen LogP contribution >= 0.6 is 23.2 Å². The summed E-state index contributed by atoms with van der Waals surface area (Å²) in [5.41, 5.74) is 6.61. The van der Waals surface area contributed by atoms with Crippen molar-refractivity contribution in [2.75, 3.05) is 0 Å². The van der Waals surface area contributed by atoms with Gasteiger partial charge in [-0.2, -0.15) is 0 Å². The molecule has 0 aliphatic rings. The number of hydrogen-bond donors (Lipinski definition) is 1. The number of alkyl halides is 1. The first-order chi connectivity index (χ1) is 6.02. The normalized spacial score (nSPS) is 12.5. The zero-order valence-corrected chi connectivity index (χ0v) is 8.56. The minimum atomic E-state index is -0.807. The monoisotopic (exact) mass is 217 g/mol. The van der Waals surface area contributed by atoms with Crippen LogP contribution in [0.3, 0.4) is 0 Å². The first-order valence-corrected chi connectivity index (χ1v) is 4.53. The molecule has 1 rings (SSSR count). The highest BCUT2D eigenvalue weighted by molar-refractivity contribution is 6.32. The van der Waals surface area contributed by atoms with E-state index in [0.29, 0.717) is 10.6 Å². The van der Waals surface area contributed by atoms with E-state index in [9.17, 15) is 4.79 Å².